The molecule has 0 aliphatic rings. The van der Waals surface area contributed by atoms with Crippen molar-refractivity contribution in [2.24, 2.45) is 5.41 Å². The van der Waals surface area contributed by atoms with E-state index in [9.17, 15) is 0 Å². The minimum absolute atomic E-state index is 0.192. The topological polar surface area (TPSA) is 30.5 Å². The summed E-state index contributed by atoms with van der Waals surface area (Å²) in [6, 6.07) is 3.61. The van der Waals surface area contributed by atoms with Gasteiger partial charge in [0.15, 0.2) is 0 Å². The maximum Gasteiger partial charge on any atom is 0.143 e. The van der Waals surface area contributed by atoms with Gasteiger partial charge in [-0.2, -0.15) is 0 Å². The minimum Gasteiger partial charge on any atom is -0.495 e. The van der Waals surface area contributed by atoms with Gasteiger partial charge in [0.2, 0.25) is 0 Å². The van der Waals surface area contributed by atoms with Crippen molar-refractivity contribution in [2.45, 2.75) is 20.8 Å². The zero-order valence-electron chi connectivity index (χ0n) is 11.1. The number of methoxy groups -OCH3 is 2. The summed E-state index contributed by atoms with van der Waals surface area (Å²) in [6.07, 6.45) is 0. The molecule has 0 saturated carbocycles. The van der Waals surface area contributed by atoms with E-state index in [1.807, 2.05) is 6.07 Å². The molecule has 17 heavy (non-hydrogen) atoms. The van der Waals surface area contributed by atoms with Gasteiger partial charge in [-0.15, -0.1) is 0 Å². The molecule has 0 radical (unpaired) electrons. The Balaban J connectivity index is 2.96. The quantitative estimate of drug-likeness (QED) is 0.890. The van der Waals surface area contributed by atoms with Crippen LogP contribution in [0.1, 0.15) is 20.8 Å². The van der Waals surface area contributed by atoms with Crippen LogP contribution in [0, 0.1) is 5.41 Å². The first-order valence-electron chi connectivity index (χ1n) is 5.53. The molecule has 1 rings (SSSR count). The van der Waals surface area contributed by atoms with Gasteiger partial charge in [-0.25, -0.2) is 0 Å². The summed E-state index contributed by atoms with van der Waals surface area (Å²) in [6.45, 7) is 7.34. The summed E-state index contributed by atoms with van der Waals surface area (Å²) in [4.78, 5) is 0. The maximum atomic E-state index is 6.04. The van der Waals surface area contributed by atoms with Crippen LogP contribution >= 0.6 is 11.6 Å². The van der Waals surface area contributed by atoms with Crippen molar-refractivity contribution in [3.63, 3.8) is 0 Å². The molecule has 0 aromatic heterocycles. The highest BCUT2D eigenvalue weighted by atomic mass is 35.5. The van der Waals surface area contributed by atoms with Crippen LogP contribution in [0.4, 0.5) is 5.69 Å². The monoisotopic (exact) mass is 257 g/mol. The molecular weight excluding hydrogens is 238 g/mol. The van der Waals surface area contributed by atoms with Crippen molar-refractivity contribution in [3.05, 3.63) is 17.2 Å². The van der Waals surface area contributed by atoms with Gasteiger partial charge in [-0.3, -0.25) is 0 Å². The lowest BCUT2D eigenvalue weighted by Gasteiger charge is -2.21. The Morgan fingerprint density at radius 3 is 2.18 bits per heavy atom. The summed E-state index contributed by atoms with van der Waals surface area (Å²) >= 11 is 6.04. The van der Waals surface area contributed by atoms with E-state index in [0.717, 1.165) is 18.0 Å². The summed E-state index contributed by atoms with van der Waals surface area (Å²) in [7, 11) is 3.22. The van der Waals surface area contributed by atoms with Gasteiger partial charge in [0.1, 0.15) is 11.5 Å². The molecule has 1 aromatic rings. The van der Waals surface area contributed by atoms with Crippen molar-refractivity contribution in [1.82, 2.24) is 0 Å². The van der Waals surface area contributed by atoms with Gasteiger partial charge in [0, 0.05) is 18.7 Å². The Morgan fingerprint density at radius 1 is 1.12 bits per heavy atom. The first-order valence-corrected chi connectivity index (χ1v) is 5.90. The lowest BCUT2D eigenvalue weighted by Crippen LogP contribution is -2.19. The van der Waals surface area contributed by atoms with Crippen molar-refractivity contribution in [1.29, 1.82) is 0 Å². The molecule has 0 aliphatic carbocycles. The molecule has 0 heterocycles. The fraction of sp³-hybridized carbons (Fsp3) is 0.538. The number of ether oxygens (including phenoxy) is 2. The largest absolute Gasteiger partial charge is 0.495 e. The molecule has 96 valence electrons. The highest BCUT2D eigenvalue weighted by Crippen LogP contribution is 2.36. The Kier molecular flexibility index (Phi) is 4.52. The van der Waals surface area contributed by atoms with Gasteiger partial charge >= 0.3 is 0 Å². The fourth-order valence-corrected chi connectivity index (χ4v) is 1.59. The van der Waals surface area contributed by atoms with Crippen LogP contribution in [0.15, 0.2) is 12.1 Å². The smallest absolute Gasteiger partial charge is 0.143 e. The van der Waals surface area contributed by atoms with Crippen LogP contribution in [0.2, 0.25) is 5.02 Å². The van der Waals surface area contributed by atoms with Gasteiger partial charge in [0.25, 0.3) is 0 Å². The molecule has 0 fully saturated rings. The van der Waals surface area contributed by atoms with E-state index in [1.54, 1.807) is 20.3 Å². The Bertz CT molecular complexity index is 386. The molecule has 0 bridgehead atoms. The van der Waals surface area contributed by atoms with Crippen LogP contribution < -0.4 is 14.8 Å². The zero-order chi connectivity index (χ0) is 13.1. The van der Waals surface area contributed by atoms with Crippen molar-refractivity contribution >= 4 is 17.3 Å². The fourth-order valence-electron chi connectivity index (χ4n) is 1.36. The first kappa shape index (κ1) is 14.0. The van der Waals surface area contributed by atoms with Crippen molar-refractivity contribution < 1.29 is 9.47 Å². The molecular formula is C13H20ClNO2. The SMILES string of the molecule is COc1cc(NCC(C)(C)C)c(OC)cc1Cl. The molecule has 0 aliphatic heterocycles. The third-order valence-corrected chi connectivity index (χ3v) is 2.58. The normalized spacial score (nSPS) is 11.2. The molecule has 4 heteroatoms. The molecule has 0 spiro atoms. The predicted molar refractivity (Wildman–Crippen MR) is 72.5 cm³/mol. The van der Waals surface area contributed by atoms with Gasteiger partial charge in [0.05, 0.1) is 24.9 Å². The second kappa shape index (κ2) is 5.50. The maximum absolute atomic E-state index is 6.04. The number of nitrogens with one attached hydrogen (secondary N) is 1. The Hall–Kier alpha value is -1.09. The molecule has 1 aromatic carbocycles. The second-order valence-corrected chi connectivity index (χ2v) is 5.51. The van der Waals surface area contributed by atoms with E-state index in [4.69, 9.17) is 21.1 Å². The first-order chi connectivity index (χ1) is 7.87. The average Bonchev–Trinajstić information content (AvgIpc) is 2.25. The highest BCUT2D eigenvalue weighted by Gasteiger charge is 2.13. The summed E-state index contributed by atoms with van der Waals surface area (Å²) < 4.78 is 10.5. The van der Waals surface area contributed by atoms with E-state index in [0.29, 0.717) is 10.8 Å². The lowest BCUT2D eigenvalue weighted by molar-refractivity contribution is 0.402. The number of halogens is 1. The van der Waals surface area contributed by atoms with E-state index >= 15 is 0 Å². The van der Waals surface area contributed by atoms with E-state index < -0.39 is 0 Å². The summed E-state index contributed by atoms with van der Waals surface area (Å²) in [5, 5.41) is 3.89. The molecule has 0 atom stereocenters. The molecule has 0 unspecified atom stereocenters. The van der Waals surface area contributed by atoms with Crippen LogP contribution in [-0.2, 0) is 0 Å². The van der Waals surface area contributed by atoms with Gasteiger partial charge in [-0.1, -0.05) is 32.4 Å². The standard InChI is InChI=1S/C13H20ClNO2/c1-13(2,3)8-15-10-7-11(16-4)9(14)6-12(10)17-5/h6-7,15H,8H2,1-5H3. The van der Waals surface area contributed by atoms with Gasteiger partial charge < -0.3 is 14.8 Å². The number of anilines is 1. The summed E-state index contributed by atoms with van der Waals surface area (Å²) in [5.74, 6) is 1.36. The number of hydrogen-bond donors (Lipinski definition) is 1. The Labute approximate surface area is 108 Å². The highest BCUT2D eigenvalue weighted by molar-refractivity contribution is 6.32. The molecule has 1 N–H and O–H groups in total. The lowest BCUT2D eigenvalue weighted by atomic mass is 9.97. The molecule has 0 amide bonds. The Morgan fingerprint density at radius 2 is 1.71 bits per heavy atom. The third kappa shape index (κ3) is 4.00. The van der Waals surface area contributed by atoms with E-state index in [-0.39, 0.29) is 5.41 Å². The predicted octanol–water partition coefficient (Wildman–Crippen LogP) is 3.82. The molecule has 0 saturated heterocycles. The minimum atomic E-state index is 0.192. The van der Waals surface area contributed by atoms with Crippen LogP contribution in [-0.4, -0.2) is 20.8 Å². The van der Waals surface area contributed by atoms with E-state index in [2.05, 4.69) is 26.1 Å². The number of rotatable bonds is 4. The van der Waals surface area contributed by atoms with Crippen LogP contribution in [0.25, 0.3) is 0 Å². The zero-order valence-corrected chi connectivity index (χ0v) is 11.8. The van der Waals surface area contributed by atoms with Crippen molar-refractivity contribution in [2.75, 3.05) is 26.1 Å². The summed E-state index contributed by atoms with van der Waals surface area (Å²) in [5.41, 5.74) is 1.08. The van der Waals surface area contributed by atoms with Crippen LogP contribution in [0.5, 0.6) is 11.5 Å². The number of benzene rings is 1. The number of hydrogen-bond acceptors (Lipinski definition) is 3. The molecule has 3 nitrogen and oxygen atoms in total. The average molecular weight is 258 g/mol. The van der Waals surface area contributed by atoms with Crippen molar-refractivity contribution in [3.8, 4) is 11.5 Å². The third-order valence-electron chi connectivity index (χ3n) is 2.28. The van der Waals surface area contributed by atoms with E-state index in [1.165, 1.54) is 0 Å². The van der Waals surface area contributed by atoms with Gasteiger partial charge in [-0.05, 0) is 5.41 Å². The van der Waals surface area contributed by atoms with Crippen LogP contribution in [0.3, 0.4) is 0 Å². The second-order valence-electron chi connectivity index (χ2n) is 5.10.